The third-order valence-electron chi connectivity index (χ3n) is 4.62. The summed E-state index contributed by atoms with van der Waals surface area (Å²) in [6.45, 7) is 0.728. The third kappa shape index (κ3) is 2.70. The minimum Gasteiger partial charge on any atom is -0.465 e. The molecule has 0 bridgehead atoms. The number of rotatable bonds is 3. The smallest absolute Gasteiger partial charge is 0.407 e. The molecule has 1 N–H and O–H groups in total. The minimum atomic E-state index is -1.00. The molecule has 2 heterocycles. The Hall–Kier alpha value is -2.58. The van der Waals surface area contributed by atoms with Crippen molar-refractivity contribution in [1.29, 1.82) is 5.26 Å². The quantitative estimate of drug-likeness (QED) is 0.926. The highest BCUT2D eigenvalue weighted by Crippen LogP contribution is 2.42. The van der Waals surface area contributed by atoms with Gasteiger partial charge in [-0.15, -0.1) is 0 Å². The molecule has 0 aliphatic carbocycles. The second-order valence-corrected chi connectivity index (χ2v) is 6.29. The van der Waals surface area contributed by atoms with E-state index in [9.17, 15) is 15.2 Å². The molecule has 0 spiro atoms. The normalized spacial score (nSPS) is 19.5. The maximum Gasteiger partial charge on any atom is 0.407 e. The van der Waals surface area contributed by atoms with E-state index in [1.807, 2.05) is 24.3 Å². The van der Waals surface area contributed by atoms with Crippen LogP contribution in [0.3, 0.4) is 0 Å². The summed E-state index contributed by atoms with van der Waals surface area (Å²) in [5, 5.41) is 20.0. The maximum atomic E-state index is 11.3. The van der Waals surface area contributed by atoms with Gasteiger partial charge in [0.25, 0.3) is 0 Å². The molecule has 1 aromatic carbocycles. The van der Waals surface area contributed by atoms with Gasteiger partial charge < -0.3 is 10.0 Å². The van der Waals surface area contributed by atoms with E-state index in [4.69, 9.17) is 11.6 Å². The summed E-state index contributed by atoms with van der Waals surface area (Å²) in [5.41, 5.74) is 0.410. The number of benzene rings is 1. The van der Waals surface area contributed by atoms with Crippen molar-refractivity contribution in [3.05, 3.63) is 64.9 Å². The number of pyridine rings is 1. The minimum absolute atomic E-state index is 0.172. The van der Waals surface area contributed by atoms with E-state index >= 15 is 0 Å². The van der Waals surface area contributed by atoms with E-state index < -0.39 is 11.5 Å². The van der Waals surface area contributed by atoms with Crippen molar-refractivity contribution in [2.45, 2.75) is 11.8 Å². The molecule has 6 heteroatoms. The van der Waals surface area contributed by atoms with E-state index in [-0.39, 0.29) is 5.92 Å². The number of likely N-dealkylation sites (tertiary alicyclic amines) is 1. The number of carbonyl (C=O) groups is 1. The highest BCUT2D eigenvalue weighted by Gasteiger charge is 2.47. The first-order valence-electron chi connectivity index (χ1n) is 7.64. The molecule has 1 amide bonds. The standard InChI is InChI=1S/C18H16ClN3O2/c19-15-6-4-13(5-7-15)18(12-20,16-3-1-2-9-21-16)14-8-10-22(11-14)17(23)24/h1-7,9,14H,8,10-11H2,(H,23,24). The van der Waals surface area contributed by atoms with Crippen molar-refractivity contribution in [2.24, 2.45) is 5.92 Å². The van der Waals surface area contributed by atoms with E-state index in [2.05, 4.69) is 11.1 Å². The molecule has 122 valence electrons. The van der Waals surface area contributed by atoms with Crippen LogP contribution in [0.2, 0.25) is 5.02 Å². The van der Waals surface area contributed by atoms with Crippen LogP contribution >= 0.6 is 11.6 Å². The SMILES string of the molecule is N#CC(c1ccc(Cl)cc1)(c1ccccn1)C1CCN(C(=O)O)C1. The number of halogens is 1. The van der Waals surface area contributed by atoms with Gasteiger partial charge in [-0.25, -0.2) is 4.79 Å². The molecule has 1 aliphatic heterocycles. The Morgan fingerprint density at radius 2 is 2.08 bits per heavy atom. The van der Waals surface area contributed by atoms with E-state index in [1.54, 1.807) is 24.4 Å². The zero-order chi connectivity index (χ0) is 17.2. The van der Waals surface area contributed by atoms with Gasteiger partial charge in [0.05, 0.1) is 11.8 Å². The Morgan fingerprint density at radius 1 is 1.33 bits per heavy atom. The molecule has 2 aromatic rings. The summed E-state index contributed by atoms with van der Waals surface area (Å²) in [7, 11) is 0. The average molecular weight is 342 g/mol. The van der Waals surface area contributed by atoms with Crippen molar-refractivity contribution in [3.8, 4) is 6.07 Å². The molecule has 3 rings (SSSR count). The van der Waals surface area contributed by atoms with Gasteiger partial charge in [-0.3, -0.25) is 4.98 Å². The highest BCUT2D eigenvalue weighted by molar-refractivity contribution is 6.30. The molecular formula is C18H16ClN3O2. The Balaban J connectivity index is 2.12. The Labute approximate surface area is 145 Å². The lowest BCUT2D eigenvalue weighted by Gasteiger charge is -2.32. The highest BCUT2D eigenvalue weighted by atomic mass is 35.5. The number of carboxylic acid groups (broad SMARTS) is 1. The summed E-state index contributed by atoms with van der Waals surface area (Å²) >= 11 is 5.99. The van der Waals surface area contributed by atoms with Crippen LogP contribution in [0.4, 0.5) is 4.79 Å². The van der Waals surface area contributed by atoms with Crippen LogP contribution in [0.15, 0.2) is 48.7 Å². The average Bonchev–Trinajstić information content (AvgIpc) is 3.09. The molecule has 1 fully saturated rings. The first-order valence-corrected chi connectivity index (χ1v) is 8.02. The van der Waals surface area contributed by atoms with Crippen molar-refractivity contribution in [2.75, 3.05) is 13.1 Å². The molecule has 0 saturated carbocycles. The predicted octanol–water partition coefficient (Wildman–Crippen LogP) is 3.54. The fraction of sp³-hybridized carbons (Fsp3) is 0.278. The van der Waals surface area contributed by atoms with Gasteiger partial charge in [0.2, 0.25) is 0 Å². The monoisotopic (exact) mass is 341 g/mol. The zero-order valence-corrected chi connectivity index (χ0v) is 13.6. The van der Waals surface area contributed by atoms with Crippen LogP contribution in [0.5, 0.6) is 0 Å². The van der Waals surface area contributed by atoms with Crippen LogP contribution in [0, 0.1) is 17.2 Å². The molecule has 1 saturated heterocycles. The second-order valence-electron chi connectivity index (χ2n) is 5.86. The van der Waals surface area contributed by atoms with Gasteiger partial charge in [0, 0.05) is 30.2 Å². The van der Waals surface area contributed by atoms with E-state index in [0.29, 0.717) is 30.2 Å². The largest absolute Gasteiger partial charge is 0.465 e. The summed E-state index contributed by atoms with van der Waals surface area (Å²) in [6.07, 6.45) is 1.31. The van der Waals surface area contributed by atoms with Crippen molar-refractivity contribution in [1.82, 2.24) is 9.88 Å². The number of aromatic nitrogens is 1. The first kappa shape index (κ1) is 16.3. The number of hydrogen-bond acceptors (Lipinski definition) is 3. The molecular weight excluding hydrogens is 326 g/mol. The predicted molar refractivity (Wildman–Crippen MR) is 89.8 cm³/mol. The van der Waals surface area contributed by atoms with Gasteiger partial charge >= 0.3 is 6.09 Å². The Bertz CT molecular complexity index is 773. The first-order chi connectivity index (χ1) is 11.6. The molecule has 1 aliphatic rings. The Morgan fingerprint density at radius 3 is 2.62 bits per heavy atom. The third-order valence-corrected chi connectivity index (χ3v) is 4.87. The van der Waals surface area contributed by atoms with Crippen molar-refractivity contribution >= 4 is 17.7 Å². The van der Waals surface area contributed by atoms with Gasteiger partial charge in [-0.2, -0.15) is 5.26 Å². The van der Waals surface area contributed by atoms with Crippen LogP contribution in [0.25, 0.3) is 0 Å². The fourth-order valence-electron chi connectivity index (χ4n) is 3.40. The topological polar surface area (TPSA) is 77.2 Å². The number of nitrogens with zero attached hydrogens (tertiary/aromatic N) is 3. The molecule has 2 unspecified atom stereocenters. The number of nitriles is 1. The lowest BCUT2D eigenvalue weighted by molar-refractivity contribution is 0.153. The lowest BCUT2D eigenvalue weighted by Crippen LogP contribution is -2.38. The zero-order valence-electron chi connectivity index (χ0n) is 12.9. The summed E-state index contributed by atoms with van der Waals surface area (Å²) in [6, 6.07) is 15.0. The lowest BCUT2D eigenvalue weighted by atomic mass is 9.68. The summed E-state index contributed by atoms with van der Waals surface area (Å²) < 4.78 is 0. The maximum absolute atomic E-state index is 11.3. The van der Waals surface area contributed by atoms with Gasteiger partial charge in [0.15, 0.2) is 0 Å². The van der Waals surface area contributed by atoms with Gasteiger partial charge in [0.1, 0.15) is 5.41 Å². The van der Waals surface area contributed by atoms with Crippen molar-refractivity contribution < 1.29 is 9.90 Å². The summed E-state index contributed by atoms with van der Waals surface area (Å²) in [4.78, 5) is 17.1. The van der Waals surface area contributed by atoms with E-state index in [0.717, 1.165) is 5.56 Å². The van der Waals surface area contributed by atoms with Crippen LogP contribution in [-0.2, 0) is 5.41 Å². The van der Waals surface area contributed by atoms with E-state index in [1.165, 1.54) is 4.90 Å². The fourth-order valence-corrected chi connectivity index (χ4v) is 3.53. The molecule has 2 atom stereocenters. The van der Waals surface area contributed by atoms with Crippen molar-refractivity contribution in [3.63, 3.8) is 0 Å². The van der Waals surface area contributed by atoms with Gasteiger partial charge in [-0.05, 0) is 36.2 Å². The molecule has 24 heavy (non-hydrogen) atoms. The second kappa shape index (κ2) is 6.50. The number of amides is 1. The molecule has 0 radical (unpaired) electrons. The number of hydrogen-bond donors (Lipinski definition) is 1. The van der Waals surface area contributed by atoms with Gasteiger partial charge in [-0.1, -0.05) is 29.8 Å². The molecule has 5 nitrogen and oxygen atoms in total. The van der Waals surface area contributed by atoms with Crippen LogP contribution in [-0.4, -0.2) is 34.2 Å². The summed E-state index contributed by atoms with van der Waals surface area (Å²) in [5.74, 6) is -0.172. The van der Waals surface area contributed by atoms with Crippen LogP contribution in [0.1, 0.15) is 17.7 Å². The Kier molecular flexibility index (Phi) is 4.41. The van der Waals surface area contributed by atoms with Crippen LogP contribution < -0.4 is 0 Å². The molecule has 1 aromatic heterocycles.